The van der Waals surface area contributed by atoms with Crippen LogP contribution in [-0.4, -0.2) is 51.2 Å². The van der Waals surface area contributed by atoms with Crippen molar-refractivity contribution in [2.24, 2.45) is 5.92 Å². The summed E-state index contributed by atoms with van der Waals surface area (Å²) in [5.74, 6) is -1.92. The third kappa shape index (κ3) is 4.42. The largest absolute Gasteiger partial charge is 0.480 e. The van der Waals surface area contributed by atoms with E-state index >= 15 is 0 Å². The van der Waals surface area contributed by atoms with E-state index in [-0.39, 0.29) is 17.6 Å². The van der Waals surface area contributed by atoms with Gasteiger partial charge in [0.25, 0.3) is 0 Å². The zero-order chi connectivity index (χ0) is 12.2. The molecule has 0 saturated carbocycles. The summed E-state index contributed by atoms with van der Waals surface area (Å²) in [6.07, 6.45) is 0. The number of carboxylic acids is 1. The molecule has 1 amide bonds. The van der Waals surface area contributed by atoms with Gasteiger partial charge in [0.05, 0.1) is 0 Å². The molecule has 0 aromatic carbocycles. The fourth-order valence-electron chi connectivity index (χ4n) is 1.04. The second-order valence-electron chi connectivity index (χ2n) is 3.82. The molecule has 2 unspecified atom stereocenters. The van der Waals surface area contributed by atoms with E-state index in [2.05, 4.69) is 0 Å². The van der Waals surface area contributed by atoms with Gasteiger partial charge >= 0.3 is 5.97 Å². The van der Waals surface area contributed by atoms with Crippen molar-refractivity contribution in [1.82, 2.24) is 4.90 Å². The van der Waals surface area contributed by atoms with Crippen molar-refractivity contribution in [2.75, 3.05) is 19.8 Å². The molecule has 0 aliphatic carbocycles. The maximum atomic E-state index is 11.6. The molecule has 0 fully saturated rings. The van der Waals surface area contributed by atoms with Crippen LogP contribution in [0.4, 0.5) is 0 Å². The molecule has 0 bridgehead atoms. The molecule has 0 aromatic heterocycles. The van der Waals surface area contributed by atoms with Crippen molar-refractivity contribution >= 4 is 22.7 Å². The number of carboxylic acid groups (broad SMARTS) is 1. The first-order chi connectivity index (χ1) is 6.77. The summed E-state index contributed by atoms with van der Waals surface area (Å²) in [6, 6.07) is 0. The summed E-state index contributed by atoms with van der Waals surface area (Å²) < 4.78 is 11.6. The van der Waals surface area contributed by atoms with Crippen molar-refractivity contribution in [3.8, 4) is 0 Å². The summed E-state index contributed by atoms with van der Waals surface area (Å²) in [5.41, 5.74) is 0. The minimum absolute atomic E-state index is 0.234. The normalized spacial score (nSPS) is 14.7. The lowest BCUT2D eigenvalue weighted by Crippen LogP contribution is -2.37. The highest BCUT2D eigenvalue weighted by Crippen LogP contribution is 2.10. The van der Waals surface area contributed by atoms with Crippen molar-refractivity contribution in [1.29, 1.82) is 0 Å². The molecular weight excluding hydrogens is 218 g/mol. The van der Waals surface area contributed by atoms with Crippen molar-refractivity contribution in [2.45, 2.75) is 19.1 Å². The zero-order valence-corrected chi connectivity index (χ0v) is 10.2. The molecule has 1 N–H and O–H groups in total. The van der Waals surface area contributed by atoms with E-state index in [1.54, 1.807) is 27.9 Å². The molecule has 0 aromatic rings. The van der Waals surface area contributed by atoms with Gasteiger partial charge in [-0.05, 0) is 5.92 Å². The molecule has 0 aliphatic rings. The topological polar surface area (TPSA) is 74.7 Å². The standard InChI is InChI=1S/C9H17NO4S/c1-6(2)8(9(12)13)15(14)5-7(11)10(3)4/h6,8H,5H2,1-4H3,(H,12,13). The van der Waals surface area contributed by atoms with Gasteiger partial charge in [0, 0.05) is 24.9 Å². The first-order valence-corrected chi connectivity index (χ1v) is 5.95. The molecule has 0 aliphatic heterocycles. The van der Waals surface area contributed by atoms with E-state index in [1.807, 2.05) is 0 Å². The Kier molecular flexibility index (Phi) is 5.49. The lowest BCUT2D eigenvalue weighted by atomic mass is 10.1. The quantitative estimate of drug-likeness (QED) is 0.724. The molecule has 0 radical (unpaired) electrons. The number of nitrogens with zero attached hydrogens (tertiary/aromatic N) is 1. The smallest absolute Gasteiger partial charge is 0.319 e. The van der Waals surface area contributed by atoms with Crippen LogP contribution < -0.4 is 0 Å². The molecular formula is C9H17NO4S. The highest BCUT2D eigenvalue weighted by atomic mass is 32.2. The number of amides is 1. The highest BCUT2D eigenvalue weighted by molar-refractivity contribution is 7.87. The predicted molar refractivity (Wildman–Crippen MR) is 58.0 cm³/mol. The average molecular weight is 235 g/mol. The summed E-state index contributed by atoms with van der Waals surface area (Å²) in [4.78, 5) is 23.4. The summed E-state index contributed by atoms with van der Waals surface area (Å²) >= 11 is 0. The van der Waals surface area contributed by atoms with Crippen LogP contribution >= 0.6 is 0 Å². The van der Waals surface area contributed by atoms with Gasteiger partial charge in [-0.1, -0.05) is 13.8 Å². The minimum Gasteiger partial charge on any atom is -0.480 e. The van der Waals surface area contributed by atoms with Crippen molar-refractivity contribution < 1.29 is 18.9 Å². The molecule has 5 nitrogen and oxygen atoms in total. The van der Waals surface area contributed by atoms with Crippen LogP contribution in [0.15, 0.2) is 0 Å². The van der Waals surface area contributed by atoms with Gasteiger partial charge < -0.3 is 10.0 Å². The van der Waals surface area contributed by atoms with E-state index in [9.17, 15) is 13.8 Å². The number of carbonyl (C=O) groups is 2. The molecule has 0 rings (SSSR count). The summed E-state index contributed by atoms with van der Waals surface area (Å²) in [5, 5.41) is 7.87. The summed E-state index contributed by atoms with van der Waals surface area (Å²) in [7, 11) is 1.43. The summed E-state index contributed by atoms with van der Waals surface area (Å²) in [6.45, 7) is 3.35. The number of hydrogen-bond acceptors (Lipinski definition) is 3. The number of hydrogen-bond donors (Lipinski definition) is 1. The monoisotopic (exact) mass is 235 g/mol. The lowest BCUT2D eigenvalue weighted by Gasteiger charge is -2.16. The molecule has 2 atom stereocenters. The first-order valence-electron chi connectivity index (χ1n) is 4.57. The van der Waals surface area contributed by atoms with E-state index in [4.69, 9.17) is 5.11 Å². The number of carbonyl (C=O) groups excluding carboxylic acids is 1. The Hall–Kier alpha value is -0.910. The van der Waals surface area contributed by atoms with Crippen LogP contribution in [0.2, 0.25) is 0 Å². The Morgan fingerprint density at radius 3 is 2.07 bits per heavy atom. The van der Waals surface area contributed by atoms with Gasteiger partial charge in [-0.2, -0.15) is 0 Å². The second kappa shape index (κ2) is 5.85. The molecule has 0 spiro atoms. The minimum atomic E-state index is -1.66. The maximum absolute atomic E-state index is 11.6. The molecule has 0 saturated heterocycles. The van der Waals surface area contributed by atoms with Crippen LogP contribution in [-0.2, 0) is 20.4 Å². The van der Waals surface area contributed by atoms with E-state index in [0.717, 1.165) is 0 Å². The van der Waals surface area contributed by atoms with E-state index in [1.165, 1.54) is 4.90 Å². The number of aliphatic carboxylic acids is 1. The third-order valence-electron chi connectivity index (χ3n) is 1.90. The van der Waals surface area contributed by atoms with Gasteiger partial charge in [-0.3, -0.25) is 13.8 Å². The Balaban J connectivity index is 4.54. The fraction of sp³-hybridized carbons (Fsp3) is 0.778. The van der Waals surface area contributed by atoms with Crippen LogP contribution in [0.25, 0.3) is 0 Å². The zero-order valence-electron chi connectivity index (χ0n) is 9.39. The van der Waals surface area contributed by atoms with Crippen LogP contribution in [0.3, 0.4) is 0 Å². The maximum Gasteiger partial charge on any atom is 0.319 e. The van der Waals surface area contributed by atoms with Crippen molar-refractivity contribution in [3.05, 3.63) is 0 Å². The molecule has 15 heavy (non-hydrogen) atoms. The van der Waals surface area contributed by atoms with Crippen LogP contribution in [0.5, 0.6) is 0 Å². The van der Waals surface area contributed by atoms with E-state index in [0.29, 0.717) is 0 Å². The van der Waals surface area contributed by atoms with Gasteiger partial charge in [0.2, 0.25) is 5.91 Å². The van der Waals surface area contributed by atoms with E-state index < -0.39 is 22.0 Å². The third-order valence-corrected chi connectivity index (χ3v) is 3.74. The SMILES string of the molecule is CC(C)C(C(=O)O)S(=O)CC(=O)N(C)C. The number of rotatable bonds is 5. The predicted octanol–water partition coefficient (Wildman–Crippen LogP) is -0.0675. The van der Waals surface area contributed by atoms with Gasteiger partial charge in [-0.15, -0.1) is 0 Å². The Morgan fingerprint density at radius 2 is 1.80 bits per heavy atom. The molecule has 0 heterocycles. The van der Waals surface area contributed by atoms with Gasteiger partial charge in [-0.25, -0.2) is 0 Å². The van der Waals surface area contributed by atoms with Crippen LogP contribution in [0.1, 0.15) is 13.8 Å². The first kappa shape index (κ1) is 14.1. The lowest BCUT2D eigenvalue weighted by molar-refractivity contribution is -0.137. The van der Waals surface area contributed by atoms with Gasteiger partial charge in [0.1, 0.15) is 11.0 Å². The van der Waals surface area contributed by atoms with Crippen molar-refractivity contribution in [3.63, 3.8) is 0 Å². The van der Waals surface area contributed by atoms with Gasteiger partial charge in [0.15, 0.2) is 0 Å². The molecule has 6 heteroatoms. The highest BCUT2D eigenvalue weighted by Gasteiger charge is 2.29. The second-order valence-corrected chi connectivity index (χ2v) is 5.37. The fourth-order valence-corrected chi connectivity index (χ4v) is 2.55. The van der Waals surface area contributed by atoms with Crippen LogP contribution in [0, 0.1) is 5.92 Å². The average Bonchev–Trinajstić information content (AvgIpc) is 2.01. The Morgan fingerprint density at radius 1 is 1.33 bits per heavy atom. The Bertz CT molecular complexity index is 275. The Labute approximate surface area is 91.9 Å². The molecule has 88 valence electrons.